The van der Waals surface area contributed by atoms with Gasteiger partial charge in [0.25, 0.3) is 0 Å². The van der Waals surface area contributed by atoms with Crippen LogP contribution in [0.1, 0.15) is 25.3 Å². The topological polar surface area (TPSA) is 74.1 Å². The minimum absolute atomic E-state index is 0.202. The maximum atomic E-state index is 11.3. The van der Waals surface area contributed by atoms with Crippen molar-refractivity contribution in [1.82, 2.24) is 4.90 Å². The van der Waals surface area contributed by atoms with Gasteiger partial charge in [-0.15, -0.1) is 0 Å². The third-order valence-corrected chi connectivity index (χ3v) is 4.48. The lowest BCUT2D eigenvalue weighted by Crippen LogP contribution is -2.48. The van der Waals surface area contributed by atoms with Crippen molar-refractivity contribution in [2.24, 2.45) is 0 Å². The third-order valence-electron chi connectivity index (χ3n) is 4.48. The molecule has 7 nitrogen and oxygen atoms in total. The molecule has 0 bridgehead atoms. The molecule has 0 aromatic heterocycles. The van der Waals surface area contributed by atoms with Crippen LogP contribution in [0.2, 0.25) is 0 Å². The van der Waals surface area contributed by atoms with Crippen LogP contribution in [0.25, 0.3) is 0 Å². The van der Waals surface area contributed by atoms with E-state index in [0.717, 1.165) is 24.4 Å². The van der Waals surface area contributed by atoms with E-state index >= 15 is 0 Å². The molecule has 2 aliphatic rings. The number of hydrogen-bond donors (Lipinski definition) is 0. The van der Waals surface area contributed by atoms with Gasteiger partial charge in [0.2, 0.25) is 12.3 Å². The van der Waals surface area contributed by atoms with Crippen molar-refractivity contribution in [2.45, 2.75) is 31.7 Å². The highest BCUT2D eigenvalue weighted by molar-refractivity contribution is 5.26. The molecule has 2 aliphatic heterocycles. The highest BCUT2D eigenvalue weighted by Gasteiger charge is 2.41. The van der Waals surface area contributed by atoms with Crippen LogP contribution < -0.4 is 0 Å². The molecular formula is C18H24N2O5. The van der Waals surface area contributed by atoms with Crippen molar-refractivity contribution in [1.29, 1.82) is 0 Å². The second-order valence-corrected chi connectivity index (χ2v) is 6.73. The van der Waals surface area contributed by atoms with Crippen molar-refractivity contribution in [3.63, 3.8) is 0 Å². The fourth-order valence-corrected chi connectivity index (χ4v) is 3.26. The molecule has 3 rings (SSSR count). The summed E-state index contributed by atoms with van der Waals surface area (Å²) in [6.45, 7) is 6.12. The molecule has 1 fully saturated rings. The number of rotatable bonds is 5. The lowest BCUT2D eigenvalue weighted by atomic mass is 9.90. The van der Waals surface area contributed by atoms with E-state index in [1.54, 1.807) is 6.26 Å². The van der Waals surface area contributed by atoms with Crippen LogP contribution in [0.3, 0.4) is 0 Å². The smallest absolute Gasteiger partial charge is 0.213 e. The van der Waals surface area contributed by atoms with Crippen LogP contribution >= 0.6 is 0 Å². The first-order valence-corrected chi connectivity index (χ1v) is 8.51. The molecule has 0 amide bonds. The molecule has 0 radical (unpaired) electrons. The summed E-state index contributed by atoms with van der Waals surface area (Å²) in [6.07, 6.45) is 1.25. The van der Waals surface area contributed by atoms with Gasteiger partial charge in [0.15, 0.2) is 0 Å². The lowest BCUT2D eigenvalue weighted by Gasteiger charge is -2.43. The Labute approximate surface area is 147 Å². The summed E-state index contributed by atoms with van der Waals surface area (Å²) in [7, 11) is 0. The van der Waals surface area contributed by atoms with Crippen molar-refractivity contribution >= 4 is 0 Å². The summed E-state index contributed by atoms with van der Waals surface area (Å²) in [4.78, 5) is 13.2. The molecule has 2 unspecified atom stereocenters. The van der Waals surface area contributed by atoms with E-state index in [1.807, 2.05) is 44.2 Å². The molecule has 0 spiro atoms. The molecule has 136 valence electrons. The first-order chi connectivity index (χ1) is 12.0. The summed E-state index contributed by atoms with van der Waals surface area (Å²) in [5, 5.41) is 11.3. The SMILES string of the molecule is CC1(C)OC=C(N2CCOCC2)C(C(C[N+](=O)[O-])c2ccccc2)O1. The zero-order valence-corrected chi connectivity index (χ0v) is 14.6. The van der Waals surface area contributed by atoms with Crippen LogP contribution in [-0.4, -0.2) is 54.6 Å². The number of nitro groups is 1. The monoisotopic (exact) mass is 348 g/mol. The van der Waals surface area contributed by atoms with Gasteiger partial charge in [0.1, 0.15) is 12.4 Å². The van der Waals surface area contributed by atoms with Crippen LogP contribution in [0.5, 0.6) is 0 Å². The highest BCUT2D eigenvalue weighted by atomic mass is 16.7. The van der Waals surface area contributed by atoms with Crippen molar-refractivity contribution in [3.8, 4) is 0 Å². The number of nitrogens with zero attached hydrogens (tertiary/aromatic N) is 2. The molecule has 0 N–H and O–H groups in total. The summed E-state index contributed by atoms with van der Waals surface area (Å²) >= 11 is 0. The second-order valence-electron chi connectivity index (χ2n) is 6.73. The normalized spacial score (nSPS) is 24.2. The Bertz CT molecular complexity index is 626. The van der Waals surface area contributed by atoms with Crippen LogP contribution in [0.15, 0.2) is 42.3 Å². The van der Waals surface area contributed by atoms with Gasteiger partial charge in [-0.05, 0) is 5.56 Å². The fraction of sp³-hybridized carbons (Fsp3) is 0.556. The summed E-state index contributed by atoms with van der Waals surface area (Å²) < 4.78 is 17.3. The molecule has 2 heterocycles. The largest absolute Gasteiger partial charge is 0.469 e. The van der Waals surface area contributed by atoms with Gasteiger partial charge in [-0.3, -0.25) is 10.1 Å². The Kier molecular flexibility index (Phi) is 5.24. The van der Waals surface area contributed by atoms with Crippen molar-refractivity contribution in [2.75, 3.05) is 32.8 Å². The molecule has 1 saturated heterocycles. The molecular weight excluding hydrogens is 324 g/mol. The molecule has 7 heteroatoms. The maximum Gasteiger partial charge on any atom is 0.213 e. The van der Waals surface area contributed by atoms with E-state index < -0.39 is 17.8 Å². The van der Waals surface area contributed by atoms with Crippen LogP contribution in [-0.2, 0) is 14.2 Å². The van der Waals surface area contributed by atoms with Crippen LogP contribution in [0.4, 0.5) is 0 Å². The second kappa shape index (κ2) is 7.41. The van der Waals surface area contributed by atoms with E-state index in [4.69, 9.17) is 14.2 Å². The minimum Gasteiger partial charge on any atom is -0.469 e. The number of benzene rings is 1. The Morgan fingerprint density at radius 3 is 2.60 bits per heavy atom. The fourth-order valence-electron chi connectivity index (χ4n) is 3.26. The number of morpholine rings is 1. The molecule has 1 aromatic rings. The zero-order chi connectivity index (χ0) is 17.9. The number of ether oxygens (including phenoxy) is 3. The lowest BCUT2D eigenvalue weighted by molar-refractivity contribution is -0.486. The Morgan fingerprint density at radius 1 is 1.28 bits per heavy atom. The van der Waals surface area contributed by atoms with E-state index in [0.29, 0.717) is 13.2 Å². The van der Waals surface area contributed by atoms with Gasteiger partial charge < -0.3 is 19.1 Å². The maximum absolute atomic E-state index is 11.3. The van der Waals surface area contributed by atoms with Gasteiger partial charge in [-0.2, -0.15) is 0 Å². The summed E-state index contributed by atoms with van der Waals surface area (Å²) in [6, 6.07) is 9.52. The Morgan fingerprint density at radius 2 is 1.96 bits per heavy atom. The summed E-state index contributed by atoms with van der Waals surface area (Å²) in [5.74, 6) is -1.22. The predicted molar refractivity (Wildman–Crippen MR) is 91.6 cm³/mol. The minimum atomic E-state index is -0.829. The third kappa shape index (κ3) is 4.29. The molecule has 0 saturated carbocycles. The Hall–Kier alpha value is -2.12. The van der Waals surface area contributed by atoms with E-state index in [-0.39, 0.29) is 11.5 Å². The van der Waals surface area contributed by atoms with Gasteiger partial charge in [0, 0.05) is 31.9 Å². The average molecular weight is 348 g/mol. The van der Waals surface area contributed by atoms with E-state index in [9.17, 15) is 10.1 Å². The number of hydrogen-bond acceptors (Lipinski definition) is 6. The Balaban J connectivity index is 1.95. The predicted octanol–water partition coefficient (Wildman–Crippen LogP) is 2.37. The molecule has 1 aromatic carbocycles. The van der Waals surface area contributed by atoms with E-state index in [2.05, 4.69) is 4.90 Å². The van der Waals surface area contributed by atoms with Crippen molar-refractivity contribution in [3.05, 3.63) is 58.0 Å². The zero-order valence-electron chi connectivity index (χ0n) is 14.6. The molecule has 0 aliphatic carbocycles. The van der Waals surface area contributed by atoms with Gasteiger partial charge in [-0.1, -0.05) is 30.3 Å². The van der Waals surface area contributed by atoms with Gasteiger partial charge in [-0.25, -0.2) is 0 Å². The standard InChI is InChI=1S/C18H24N2O5/c1-18(2)24-13-16(19-8-10-23-11-9-19)17(25-18)15(12-20(21)22)14-6-4-3-5-7-14/h3-7,13,15,17H,8-12H2,1-2H3. The summed E-state index contributed by atoms with van der Waals surface area (Å²) in [5.41, 5.74) is 1.74. The van der Waals surface area contributed by atoms with Crippen molar-refractivity contribution < 1.29 is 19.1 Å². The quantitative estimate of drug-likeness (QED) is 0.601. The van der Waals surface area contributed by atoms with Crippen LogP contribution in [0, 0.1) is 10.1 Å². The van der Waals surface area contributed by atoms with Gasteiger partial charge >= 0.3 is 0 Å². The molecule has 2 atom stereocenters. The van der Waals surface area contributed by atoms with E-state index in [1.165, 1.54) is 0 Å². The highest BCUT2D eigenvalue weighted by Crippen LogP contribution is 2.36. The first-order valence-electron chi connectivity index (χ1n) is 8.51. The molecule has 25 heavy (non-hydrogen) atoms. The average Bonchev–Trinajstić information content (AvgIpc) is 2.60. The first kappa shape index (κ1) is 17.7. The van der Waals surface area contributed by atoms with Gasteiger partial charge in [0.05, 0.1) is 24.8 Å².